The van der Waals surface area contributed by atoms with E-state index in [9.17, 15) is 9.18 Å². The maximum absolute atomic E-state index is 13.7. The molecule has 1 aliphatic rings. The van der Waals surface area contributed by atoms with Gasteiger partial charge < -0.3 is 9.84 Å². The fourth-order valence-corrected chi connectivity index (χ4v) is 2.44. The van der Waals surface area contributed by atoms with E-state index < -0.39 is 5.97 Å². The molecule has 1 fully saturated rings. The predicted octanol–water partition coefficient (Wildman–Crippen LogP) is 2.13. The van der Waals surface area contributed by atoms with Crippen molar-refractivity contribution in [1.82, 2.24) is 4.90 Å². The van der Waals surface area contributed by atoms with Gasteiger partial charge in [-0.2, -0.15) is 0 Å². The lowest BCUT2D eigenvalue weighted by atomic mass is 9.98. The SMILES string of the molecule is COc1ccc(F)c(CN2CCC[C@H](C(=O)O)C2)c1. The number of ether oxygens (including phenoxy) is 1. The maximum atomic E-state index is 13.7. The number of hydrogen-bond donors (Lipinski definition) is 1. The lowest BCUT2D eigenvalue weighted by Crippen LogP contribution is -2.38. The molecule has 4 nitrogen and oxygen atoms in total. The highest BCUT2D eigenvalue weighted by Gasteiger charge is 2.25. The predicted molar refractivity (Wildman–Crippen MR) is 68.6 cm³/mol. The summed E-state index contributed by atoms with van der Waals surface area (Å²) in [5.74, 6) is -0.778. The van der Waals surface area contributed by atoms with Crippen LogP contribution in [0, 0.1) is 11.7 Å². The Morgan fingerprint density at radius 1 is 1.58 bits per heavy atom. The van der Waals surface area contributed by atoms with Gasteiger partial charge in [-0.1, -0.05) is 0 Å². The highest BCUT2D eigenvalue weighted by molar-refractivity contribution is 5.70. The van der Waals surface area contributed by atoms with Crippen LogP contribution in [0.5, 0.6) is 5.75 Å². The fraction of sp³-hybridized carbons (Fsp3) is 0.500. The first kappa shape index (κ1) is 13.8. The lowest BCUT2D eigenvalue weighted by Gasteiger charge is -2.30. The molecule has 1 aliphatic heterocycles. The summed E-state index contributed by atoms with van der Waals surface area (Å²) in [6.07, 6.45) is 1.54. The zero-order valence-corrected chi connectivity index (χ0v) is 10.9. The van der Waals surface area contributed by atoms with Gasteiger partial charge in [0.1, 0.15) is 11.6 Å². The van der Waals surface area contributed by atoms with Crippen molar-refractivity contribution in [2.75, 3.05) is 20.2 Å². The number of aliphatic carboxylic acids is 1. The quantitative estimate of drug-likeness (QED) is 0.908. The van der Waals surface area contributed by atoms with Crippen LogP contribution in [0.3, 0.4) is 0 Å². The molecule has 0 amide bonds. The number of likely N-dealkylation sites (tertiary alicyclic amines) is 1. The summed E-state index contributed by atoms with van der Waals surface area (Å²) in [5.41, 5.74) is 0.547. The largest absolute Gasteiger partial charge is 0.497 e. The van der Waals surface area contributed by atoms with Crippen molar-refractivity contribution in [2.24, 2.45) is 5.92 Å². The van der Waals surface area contributed by atoms with Crippen molar-refractivity contribution >= 4 is 5.97 Å². The third kappa shape index (κ3) is 3.44. The third-order valence-electron chi connectivity index (χ3n) is 3.50. The van der Waals surface area contributed by atoms with Gasteiger partial charge in [-0.25, -0.2) is 4.39 Å². The van der Waals surface area contributed by atoms with Crippen molar-refractivity contribution in [3.8, 4) is 5.75 Å². The Hall–Kier alpha value is -1.62. The van der Waals surface area contributed by atoms with Crippen molar-refractivity contribution in [2.45, 2.75) is 19.4 Å². The van der Waals surface area contributed by atoms with E-state index in [4.69, 9.17) is 9.84 Å². The molecule has 0 bridgehead atoms. The van der Waals surface area contributed by atoms with Crippen LogP contribution in [-0.2, 0) is 11.3 Å². The molecule has 1 N–H and O–H groups in total. The van der Waals surface area contributed by atoms with Gasteiger partial charge >= 0.3 is 5.97 Å². The molecule has 0 saturated carbocycles. The van der Waals surface area contributed by atoms with E-state index in [-0.39, 0.29) is 11.7 Å². The molecule has 19 heavy (non-hydrogen) atoms. The number of halogens is 1. The van der Waals surface area contributed by atoms with Gasteiger partial charge in [0.05, 0.1) is 13.0 Å². The van der Waals surface area contributed by atoms with E-state index in [0.717, 1.165) is 13.0 Å². The summed E-state index contributed by atoms with van der Waals surface area (Å²) < 4.78 is 18.8. The summed E-state index contributed by atoms with van der Waals surface area (Å²) in [4.78, 5) is 13.0. The van der Waals surface area contributed by atoms with Crippen LogP contribution in [0.2, 0.25) is 0 Å². The van der Waals surface area contributed by atoms with Gasteiger partial charge in [-0.15, -0.1) is 0 Å². The van der Waals surface area contributed by atoms with Crippen molar-refractivity contribution in [3.63, 3.8) is 0 Å². The van der Waals surface area contributed by atoms with Gasteiger partial charge in [0.25, 0.3) is 0 Å². The van der Waals surface area contributed by atoms with Gasteiger partial charge in [0.15, 0.2) is 0 Å². The van der Waals surface area contributed by atoms with E-state index in [0.29, 0.717) is 30.8 Å². The normalized spacial score (nSPS) is 20.2. The van der Waals surface area contributed by atoms with E-state index in [1.807, 2.05) is 4.90 Å². The number of carbonyl (C=O) groups is 1. The van der Waals surface area contributed by atoms with E-state index in [1.165, 1.54) is 6.07 Å². The molecule has 1 atom stereocenters. The molecule has 0 radical (unpaired) electrons. The molecular weight excluding hydrogens is 249 g/mol. The number of carboxylic acids is 1. The molecule has 104 valence electrons. The average Bonchev–Trinajstić information content (AvgIpc) is 2.41. The molecule has 1 aromatic rings. The summed E-state index contributed by atoms with van der Waals surface area (Å²) in [6.45, 7) is 1.71. The van der Waals surface area contributed by atoms with Crippen LogP contribution in [0.25, 0.3) is 0 Å². The van der Waals surface area contributed by atoms with E-state index >= 15 is 0 Å². The van der Waals surface area contributed by atoms with Crippen LogP contribution in [0.4, 0.5) is 4.39 Å². The van der Waals surface area contributed by atoms with Crippen LogP contribution in [-0.4, -0.2) is 36.2 Å². The Bertz CT molecular complexity index is 464. The highest BCUT2D eigenvalue weighted by atomic mass is 19.1. The number of rotatable bonds is 4. The Morgan fingerprint density at radius 2 is 2.37 bits per heavy atom. The second kappa shape index (κ2) is 6.02. The number of benzene rings is 1. The first-order valence-electron chi connectivity index (χ1n) is 6.37. The number of piperidine rings is 1. The first-order valence-corrected chi connectivity index (χ1v) is 6.37. The van der Waals surface area contributed by atoms with Crippen molar-refractivity contribution in [1.29, 1.82) is 0 Å². The Labute approximate surface area is 111 Å². The van der Waals surface area contributed by atoms with Crippen LogP contribution >= 0.6 is 0 Å². The number of hydrogen-bond acceptors (Lipinski definition) is 3. The van der Waals surface area contributed by atoms with Crippen LogP contribution in [0.1, 0.15) is 18.4 Å². The van der Waals surface area contributed by atoms with Gasteiger partial charge in [0, 0.05) is 18.7 Å². The first-order chi connectivity index (χ1) is 9.10. The molecule has 2 rings (SSSR count). The van der Waals surface area contributed by atoms with E-state index in [2.05, 4.69) is 0 Å². The molecule has 5 heteroatoms. The highest BCUT2D eigenvalue weighted by Crippen LogP contribution is 2.22. The van der Waals surface area contributed by atoms with Gasteiger partial charge in [0.2, 0.25) is 0 Å². The molecular formula is C14H18FNO3. The second-order valence-electron chi connectivity index (χ2n) is 4.87. The summed E-state index contributed by atoms with van der Waals surface area (Å²) in [5, 5.41) is 9.04. The zero-order chi connectivity index (χ0) is 13.8. The lowest BCUT2D eigenvalue weighted by molar-refractivity contribution is -0.143. The molecule has 1 saturated heterocycles. The molecule has 1 heterocycles. The summed E-state index contributed by atoms with van der Waals surface area (Å²) in [7, 11) is 1.54. The maximum Gasteiger partial charge on any atom is 0.307 e. The molecule has 0 spiro atoms. The monoisotopic (exact) mass is 267 g/mol. The standard InChI is InChI=1S/C14H18FNO3/c1-19-12-4-5-13(15)11(7-12)9-16-6-2-3-10(8-16)14(17)18/h4-5,7,10H,2-3,6,8-9H2,1H3,(H,17,18)/t10-/m0/s1. The average molecular weight is 267 g/mol. The van der Waals surface area contributed by atoms with Gasteiger partial charge in [-0.3, -0.25) is 9.69 Å². The molecule has 1 aromatic carbocycles. The van der Waals surface area contributed by atoms with E-state index in [1.54, 1.807) is 19.2 Å². The summed E-state index contributed by atoms with van der Waals surface area (Å²) in [6, 6.07) is 4.63. The zero-order valence-electron chi connectivity index (χ0n) is 10.9. The minimum atomic E-state index is -0.768. The smallest absolute Gasteiger partial charge is 0.307 e. The van der Waals surface area contributed by atoms with Crippen molar-refractivity contribution < 1.29 is 19.0 Å². The number of nitrogens with zero attached hydrogens (tertiary/aromatic N) is 1. The Kier molecular flexibility index (Phi) is 4.37. The second-order valence-corrected chi connectivity index (χ2v) is 4.87. The Morgan fingerprint density at radius 3 is 3.05 bits per heavy atom. The van der Waals surface area contributed by atoms with Crippen LogP contribution in [0.15, 0.2) is 18.2 Å². The van der Waals surface area contributed by atoms with Crippen molar-refractivity contribution in [3.05, 3.63) is 29.6 Å². The number of methoxy groups -OCH3 is 1. The summed E-state index contributed by atoms with van der Waals surface area (Å²) >= 11 is 0. The number of carboxylic acid groups (broad SMARTS) is 1. The Balaban J connectivity index is 2.06. The topological polar surface area (TPSA) is 49.8 Å². The molecule has 0 unspecified atom stereocenters. The fourth-order valence-electron chi connectivity index (χ4n) is 2.44. The minimum absolute atomic E-state index is 0.279. The van der Waals surface area contributed by atoms with Crippen LogP contribution < -0.4 is 4.74 Å². The molecule has 0 aliphatic carbocycles. The van der Waals surface area contributed by atoms with Gasteiger partial charge in [-0.05, 0) is 37.6 Å². The minimum Gasteiger partial charge on any atom is -0.497 e. The third-order valence-corrected chi connectivity index (χ3v) is 3.50. The molecule has 0 aromatic heterocycles.